The Morgan fingerprint density at radius 2 is 0.455 bits per heavy atom. The topological polar surface area (TPSA) is 44.0 Å². The van der Waals surface area contributed by atoms with E-state index < -0.39 is 14.3 Å². The standard InChI is InChI=1S/C60H42N2O2P2/c63-65(47-15-3-1-4-16-47,51-39-31-45(32-40-51)61-57-23-11-7-19-53(57)54-20-8-12-24-58(54)61)49-35-27-43(28-36-49)44-29-37-50(38-30-44)66(64,48-17-5-2-6-18-48)52-41-33-46(34-42-52)62-59-25-13-9-21-55(59)56-22-10-14-26-60(56)62/h1-42H. The van der Waals surface area contributed by atoms with E-state index in [2.05, 4.69) is 155 Å². The number of benzene rings is 10. The van der Waals surface area contributed by atoms with Crippen LogP contribution in [0.1, 0.15) is 0 Å². The van der Waals surface area contributed by atoms with Crippen molar-refractivity contribution < 1.29 is 9.13 Å². The zero-order valence-electron chi connectivity index (χ0n) is 35.9. The fourth-order valence-corrected chi connectivity index (χ4v) is 15.2. The molecule has 4 nitrogen and oxygen atoms in total. The molecule has 6 heteroatoms. The summed E-state index contributed by atoms with van der Waals surface area (Å²) in [7, 11) is -6.54. The van der Waals surface area contributed by atoms with E-state index in [1.54, 1.807) is 0 Å². The first-order valence-electron chi connectivity index (χ1n) is 22.2. The van der Waals surface area contributed by atoms with Crippen molar-refractivity contribution in [2.75, 3.05) is 0 Å². The summed E-state index contributed by atoms with van der Waals surface area (Å²) in [4.78, 5) is 0. The van der Waals surface area contributed by atoms with Gasteiger partial charge in [0, 0.05) is 64.7 Å². The van der Waals surface area contributed by atoms with E-state index in [1.807, 2.05) is 109 Å². The zero-order valence-corrected chi connectivity index (χ0v) is 37.6. The molecule has 0 saturated carbocycles. The minimum absolute atomic E-state index is 0.761. The van der Waals surface area contributed by atoms with Crippen molar-refractivity contribution in [2.45, 2.75) is 0 Å². The SMILES string of the molecule is O=P(c1ccccc1)(c1ccc(-c2ccc(P(=O)(c3ccccc3)c3ccc(-n4c5ccccc5c5ccccc54)cc3)cc2)cc1)c1ccc(-n2c3ccccc3c3ccccc32)cc1. The van der Waals surface area contributed by atoms with Gasteiger partial charge in [-0.05, 0) is 83.9 Å². The third-order valence-electron chi connectivity index (χ3n) is 13.1. The van der Waals surface area contributed by atoms with Crippen molar-refractivity contribution in [2.24, 2.45) is 0 Å². The highest BCUT2D eigenvalue weighted by molar-refractivity contribution is 7.85. The van der Waals surface area contributed by atoms with Crippen LogP contribution in [0.25, 0.3) is 66.1 Å². The van der Waals surface area contributed by atoms with Gasteiger partial charge in [0.05, 0.1) is 22.1 Å². The maximum absolute atomic E-state index is 15.7. The Morgan fingerprint density at radius 1 is 0.227 bits per heavy atom. The van der Waals surface area contributed by atoms with Crippen LogP contribution in [-0.2, 0) is 9.13 Å². The second kappa shape index (κ2) is 16.1. The predicted octanol–water partition coefficient (Wildman–Crippen LogP) is 12.8. The Labute approximate surface area is 383 Å². The lowest BCUT2D eigenvalue weighted by atomic mass is 10.1. The molecule has 0 aliphatic heterocycles. The van der Waals surface area contributed by atoms with Gasteiger partial charge in [-0.15, -0.1) is 0 Å². The van der Waals surface area contributed by atoms with Gasteiger partial charge < -0.3 is 18.3 Å². The molecule has 0 radical (unpaired) electrons. The van der Waals surface area contributed by atoms with Gasteiger partial charge in [0.25, 0.3) is 0 Å². The molecular formula is C60H42N2O2P2. The number of para-hydroxylation sites is 4. The second-order valence-corrected chi connectivity index (χ2v) is 22.3. The van der Waals surface area contributed by atoms with Crippen molar-refractivity contribution in [3.63, 3.8) is 0 Å². The van der Waals surface area contributed by atoms with E-state index in [0.29, 0.717) is 0 Å². The monoisotopic (exact) mass is 884 g/mol. The minimum atomic E-state index is -3.27. The first-order valence-corrected chi connectivity index (χ1v) is 25.6. The zero-order chi connectivity index (χ0) is 44.2. The molecule has 2 atom stereocenters. The highest BCUT2D eigenvalue weighted by Gasteiger charge is 2.32. The third kappa shape index (κ3) is 6.37. The van der Waals surface area contributed by atoms with Crippen LogP contribution in [0.5, 0.6) is 0 Å². The molecular weight excluding hydrogens is 843 g/mol. The van der Waals surface area contributed by atoms with Gasteiger partial charge in [-0.1, -0.05) is 182 Å². The highest BCUT2D eigenvalue weighted by Crippen LogP contribution is 2.45. The van der Waals surface area contributed by atoms with E-state index in [0.717, 1.165) is 76.4 Å². The Morgan fingerprint density at radius 3 is 0.742 bits per heavy atom. The van der Waals surface area contributed by atoms with Crippen molar-refractivity contribution in [3.8, 4) is 22.5 Å². The second-order valence-electron chi connectivity index (χ2n) is 16.8. The summed E-state index contributed by atoms with van der Waals surface area (Å²) in [5.74, 6) is 0. The van der Waals surface area contributed by atoms with Crippen LogP contribution in [0.2, 0.25) is 0 Å². The number of hydrogen-bond donors (Lipinski definition) is 0. The lowest BCUT2D eigenvalue weighted by Gasteiger charge is -2.21. The predicted molar refractivity (Wildman–Crippen MR) is 279 cm³/mol. The summed E-state index contributed by atoms with van der Waals surface area (Å²) >= 11 is 0. The van der Waals surface area contributed by atoms with Gasteiger partial charge in [0.15, 0.2) is 14.3 Å². The molecule has 314 valence electrons. The molecule has 2 heterocycles. The molecule has 0 aliphatic rings. The minimum Gasteiger partial charge on any atom is -0.309 e. The molecule has 66 heavy (non-hydrogen) atoms. The first-order chi connectivity index (χ1) is 32.5. The summed E-state index contributed by atoms with van der Waals surface area (Å²) in [6.45, 7) is 0. The number of nitrogens with zero attached hydrogens (tertiary/aromatic N) is 2. The van der Waals surface area contributed by atoms with E-state index in [4.69, 9.17) is 0 Å². The quantitative estimate of drug-likeness (QED) is 0.136. The number of hydrogen-bond acceptors (Lipinski definition) is 2. The lowest BCUT2D eigenvalue weighted by Crippen LogP contribution is -2.25. The Bertz CT molecular complexity index is 3480. The number of fused-ring (bicyclic) bond motifs is 6. The lowest BCUT2D eigenvalue weighted by molar-refractivity contribution is 0.591. The van der Waals surface area contributed by atoms with Crippen LogP contribution in [0.4, 0.5) is 0 Å². The van der Waals surface area contributed by atoms with Gasteiger partial charge in [0.1, 0.15) is 0 Å². The molecule has 0 saturated heterocycles. The van der Waals surface area contributed by atoms with E-state index in [1.165, 1.54) is 21.5 Å². The summed E-state index contributed by atoms with van der Waals surface area (Å²) in [6.07, 6.45) is 0. The number of aromatic nitrogens is 2. The van der Waals surface area contributed by atoms with E-state index in [9.17, 15) is 0 Å². The average Bonchev–Trinajstić information content (AvgIpc) is 3.92. The average molecular weight is 885 g/mol. The van der Waals surface area contributed by atoms with Gasteiger partial charge in [0.2, 0.25) is 0 Å². The molecule has 0 aliphatic carbocycles. The van der Waals surface area contributed by atoms with E-state index >= 15 is 9.13 Å². The largest absolute Gasteiger partial charge is 0.309 e. The van der Waals surface area contributed by atoms with Crippen molar-refractivity contribution in [1.82, 2.24) is 9.13 Å². The fraction of sp³-hybridized carbons (Fsp3) is 0. The van der Waals surface area contributed by atoms with Gasteiger partial charge in [-0.2, -0.15) is 0 Å². The fourth-order valence-electron chi connectivity index (χ4n) is 9.92. The molecule has 0 spiro atoms. The van der Waals surface area contributed by atoms with Gasteiger partial charge in [-0.3, -0.25) is 0 Å². The summed E-state index contributed by atoms with van der Waals surface area (Å²) in [6, 6.07) is 86.3. The van der Waals surface area contributed by atoms with Crippen LogP contribution in [0, 0.1) is 0 Å². The molecule has 2 aromatic heterocycles. The summed E-state index contributed by atoms with van der Waals surface area (Å²) in [5.41, 5.74) is 8.53. The van der Waals surface area contributed by atoms with Gasteiger partial charge in [-0.25, -0.2) is 0 Å². The van der Waals surface area contributed by atoms with Gasteiger partial charge >= 0.3 is 0 Å². The molecule has 0 bridgehead atoms. The Hall–Kier alpha value is -7.74. The normalized spacial score (nSPS) is 13.5. The van der Waals surface area contributed by atoms with Crippen LogP contribution < -0.4 is 31.8 Å². The smallest absolute Gasteiger partial charge is 0.171 e. The van der Waals surface area contributed by atoms with Crippen LogP contribution in [-0.4, -0.2) is 9.13 Å². The Balaban J connectivity index is 0.879. The first kappa shape index (κ1) is 39.8. The van der Waals surface area contributed by atoms with Crippen LogP contribution in [0.3, 0.4) is 0 Å². The maximum atomic E-state index is 15.7. The third-order valence-corrected chi connectivity index (χ3v) is 19.3. The molecule has 0 fully saturated rings. The Kier molecular flexibility index (Phi) is 9.68. The molecule has 0 amide bonds. The van der Waals surface area contributed by atoms with Crippen LogP contribution in [0.15, 0.2) is 255 Å². The number of rotatable bonds is 9. The van der Waals surface area contributed by atoms with Crippen LogP contribution >= 0.6 is 14.3 Å². The molecule has 0 N–H and O–H groups in total. The van der Waals surface area contributed by atoms with Crippen molar-refractivity contribution in [1.29, 1.82) is 0 Å². The molecule has 10 aromatic carbocycles. The van der Waals surface area contributed by atoms with Crippen molar-refractivity contribution in [3.05, 3.63) is 255 Å². The van der Waals surface area contributed by atoms with Crippen molar-refractivity contribution >= 4 is 89.7 Å². The molecule has 12 aromatic rings. The van der Waals surface area contributed by atoms with E-state index in [-0.39, 0.29) is 0 Å². The molecule has 2 unspecified atom stereocenters. The summed E-state index contributed by atoms with van der Waals surface area (Å²) < 4.78 is 35.9. The maximum Gasteiger partial charge on any atom is 0.171 e. The molecule has 12 rings (SSSR count). The highest BCUT2D eigenvalue weighted by atomic mass is 31.2. The summed E-state index contributed by atoms with van der Waals surface area (Å²) in [5, 5.41) is 9.45.